The summed E-state index contributed by atoms with van der Waals surface area (Å²) in [5.74, 6) is 0.173. The number of furan rings is 1. The van der Waals surface area contributed by atoms with Crippen molar-refractivity contribution in [1.82, 2.24) is 10.6 Å². The molecule has 2 amide bonds. The van der Waals surface area contributed by atoms with Crippen molar-refractivity contribution in [2.75, 3.05) is 13.2 Å². The lowest BCUT2D eigenvalue weighted by molar-refractivity contribution is -0.123. The second kappa shape index (κ2) is 7.79. The molecule has 1 heterocycles. The highest BCUT2D eigenvalue weighted by Gasteiger charge is 2.34. The molecule has 6 heteroatoms. The second-order valence-corrected chi connectivity index (χ2v) is 5.58. The molecule has 1 aliphatic rings. The lowest BCUT2D eigenvalue weighted by atomic mass is 9.99. The first-order valence-corrected chi connectivity index (χ1v) is 7.55. The van der Waals surface area contributed by atoms with E-state index in [2.05, 4.69) is 10.6 Å². The maximum atomic E-state index is 11.9. The topological polar surface area (TPSA) is 91.6 Å². The minimum absolute atomic E-state index is 0.0308. The van der Waals surface area contributed by atoms with Crippen LogP contribution in [-0.4, -0.2) is 35.6 Å². The molecule has 0 atom stereocenters. The molecule has 0 aromatic carbocycles. The monoisotopic (exact) mass is 306 g/mol. The van der Waals surface area contributed by atoms with Crippen LogP contribution in [0.5, 0.6) is 0 Å². The molecule has 0 saturated heterocycles. The summed E-state index contributed by atoms with van der Waals surface area (Å²) in [6, 6.07) is 3.48. The van der Waals surface area contributed by atoms with Gasteiger partial charge in [0, 0.05) is 19.0 Å². The largest absolute Gasteiger partial charge is 0.465 e. The van der Waals surface area contributed by atoms with E-state index in [1.807, 2.05) is 0 Å². The zero-order chi connectivity index (χ0) is 15.8. The molecule has 3 N–H and O–H groups in total. The van der Waals surface area contributed by atoms with Gasteiger partial charge in [0.05, 0.1) is 18.4 Å². The van der Waals surface area contributed by atoms with Gasteiger partial charge in [-0.1, -0.05) is 12.8 Å². The van der Waals surface area contributed by atoms with Gasteiger partial charge in [0.25, 0.3) is 0 Å². The van der Waals surface area contributed by atoms with Gasteiger partial charge < -0.3 is 20.2 Å². The zero-order valence-electron chi connectivity index (χ0n) is 12.5. The van der Waals surface area contributed by atoms with Crippen LogP contribution in [0, 0.1) is 0 Å². The highest BCUT2D eigenvalue weighted by Crippen LogP contribution is 2.29. The predicted octanol–water partition coefficient (Wildman–Crippen LogP) is 1.22. The average molecular weight is 306 g/mol. The molecule has 0 spiro atoms. The molecule has 0 radical (unpaired) electrons. The molecule has 0 bridgehead atoms. The SMILES string of the molecule is O=C(/C=C/c1ccco1)NCCC(=O)NC1(CO)CCCC1. The van der Waals surface area contributed by atoms with E-state index in [9.17, 15) is 14.7 Å². The van der Waals surface area contributed by atoms with Gasteiger partial charge in [-0.05, 0) is 31.1 Å². The Bertz CT molecular complexity index is 516. The van der Waals surface area contributed by atoms with E-state index in [0.29, 0.717) is 5.76 Å². The number of amides is 2. The van der Waals surface area contributed by atoms with Gasteiger partial charge in [-0.25, -0.2) is 0 Å². The summed E-state index contributed by atoms with van der Waals surface area (Å²) < 4.78 is 5.07. The maximum Gasteiger partial charge on any atom is 0.244 e. The summed E-state index contributed by atoms with van der Waals surface area (Å²) in [7, 11) is 0. The third-order valence-electron chi connectivity index (χ3n) is 3.86. The first-order valence-electron chi connectivity index (χ1n) is 7.55. The number of aliphatic hydroxyl groups is 1. The van der Waals surface area contributed by atoms with Crippen molar-refractivity contribution in [2.45, 2.75) is 37.6 Å². The number of hydrogen-bond donors (Lipinski definition) is 3. The van der Waals surface area contributed by atoms with Crippen LogP contribution in [-0.2, 0) is 9.59 Å². The molecule has 1 aromatic heterocycles. The Morgan fingerprint density at radius 1 is 1.36 bits per heavy atom. The smallest absolute Gasteiger partial charge is 0.244 e. The molecular weight excluding hydrogens is 284 g/mol. The fourth-order valence-electron chi connectivity index (χ4n) is 2.63. The third-order valence-corrected chi connectivity index (χ3v) is 3.86. The quantitative estimate of drug-likeness (QED) is 0.661. The molecule has 1 fully saturated rings. The van der Waals surface area contributed by atoms with Crippen molar-refractivity contribution in [3.63, 3.8) is 0 Å². The van der Waals surface area contributed by atoms with Crippen molar-refractivity contribution >= 4 is 17.9 Å². The normalized spacial score (nSPS) is 16.8. The minimum atomic E-state index is -0.458. The van der Waals surface area contributed by atoms with E-state index in [0.717, 1.165) is 25.7 Å². The van der Waals surface area contributed by atoms with Gasteiger partial charge in [-0.2, -0.15) is 0 Å². The number of rotatable bonds is 7. The molecule has 1 aliphatic carbocycles. The fraction of sp³-hybridized carbons (Fsp3) is 0.500. The Morgan fingerprint density at radius 2 is 2.14 bits per heavy atom. The number of carbonyl (C=O) groups excluding carboxylic acids is 2. The van der Waals surface area contributed by atoms with Gasteiger partial charge in [-0.15, -0.1) is 0 Å². The lowest BCUT2D eigenvalue weighted by Gasteiger charge is -2.27. The van der Waals surface area contributed by atoms with Crippen LogP contribution in [0.1, 0.15) is 37.9 Å². The van der Waals surface area contributed by atoms with Crippen LogP contribution >= 0.6 is 0 Å². The van der Waals surface area contributed by atoms with Crippen molar-refractivity contribution in [1.29, 1.82) is 0 Å². The summed E-state index contributed by atoms with van der Waals surface area (Å²) >= 11 is 0. The average Bonchev–Trinajstić information content (AvgIpc) is 3.17. The Kier molecular flexibility index (Phi) is 5.77. The van der Waals surface area contributed by atoms with Gasteiger partial charge in [0.15, 0.2) is 0 Å². The van der Waals surface area contributed by atoms with E-state index in [-0.39, 0.29) is 31.4 Å². The molecular formula is C16H22N2O4. The molecule has 1 saturated carbocycles. The highest BCUT2D eigenvalue weighted by atomic mass is 16.3. The predicted molar refractivity (Wildman–Crippen MR) is 81.8 cm³/mol. The van der Waals surface area contributed by atoms with Gasteiger partial charge in [0.2, 0.25) is 11.8 Å². The van der Waals surface area contributed by atoms with E-state index in [1.54, 1.807) is 18.2 Å². The second-order valence-electron chi connectivity index (χ2n) is 5.58. The summed E-state index contributed by atoms with van der Waals surface area (Å²) in [5.41, 5.74) is -0.458. The molecule has 6 nitrogen and oxygen atoms in total. The Balaban J connectivity index is 1.67. The van der Waals surface area contributed by atoms with Crippen LogP contribution in [0.3, 0.4) is 0 Å². The van der Waals surface area contributed by atoms with Crippen LogP contribution < -0.4 is 10.6 Å². The van der Waals surface area contributed by atoms with E-state index in [4.69, 9.17) is 4.42 Å². The Hall–Kier alpha value is -2.08. The van der Waals surface area contributed by atoms with Crippen molar-refractivity contribution in [3.05, 3.63) is 30.2 Å². The number of carbonyl (C=O) groups is 2. The van der Waals surface area contributed by atoms with Crippen LogP contribution in [0.4, 0.5) is 0 Å². The summed E-state index contributed by atoms with van der Waals surface area (Å²) in [5, 5.41) is 15.0. The number of nitrogens with one attached hydrogen (secondary N) is 2. The van der Waals surface area contributed by atoms with Crippen LogP contribution in [0.25, 0.3) is 6.08 Å². The van der Waals surface area contributed by atoms with Crippen molar-refractivity contribution in [2.24, 2.45) is 0 Å². The maximum absolute atomic E-state index is 11.9. The molecule has 1 aromatic rings. The molecule has 22 heavy (non-hydrogen) atoms. The Labute approximate surface area is 129 Å². The number of hydrogen-bond acceptors (Lipinski definition) is 4. The Morgan fingerprint density at radius 3 is 2.77 bits per heavy atom. The standard InChI is InChI=1S/C16H22N2O4/c19-12-16(8-1-2-9-16)18-15(21)7-10-17-14(20)6-5-13-4-3-11-22-13/h3-6,11,19H,1-2,7-10,12H2,(H,17,20)(H,18,21)/b6-5+. The van der Waals surface area contributed by atoms with Gasteiger partial charge >= 0.3 is 0 Å². The minimum Gasteiger partial charge on any atom is -0.465 e. The summed E-state index contributed by atoms with van der Waals surface area (Å²) in [6.07, 6.45) is 8.33. The molecule has 2 rings (SSSR count). The zero-order valence-corrected chi connectivity index (χ0v) is 12.5. The van der Waals surface area contributed by atoms with Crippen LogP contribution in [0.15, 0.2) is 28.9 Å². The summed E-state index contributed by atoms with van der Waals surface area (Å²) in [6.45, 7) is 0.228. The van der Waals surface area contributed by atoms with Crippen molar-refractivity contribution < 1.29 is 19.1 Å². The van der Waals surface area contributed by atoms with E-state index < -0.39 is 5.54 Å². The lowest BCUT2D eigenvalue weighted by Crippen LogP contribution is -2.49. The first kappa shape index (κ1) is 16.3. The van der Waals surface area contributed by atoms with Gasteiger partial charge in [-0.3, -0.25) is 9.59 Å². The summed E-state index contributed by atoms with van der Waals surface area (Å²) in [4.78, 5) is 23.5. The van der Waals surface area contributed by atoms with E-state index >= 15 is 0 Å². The van der Waals surface area contributed by atoms with Crippen LogP contribution in [0.2, 0.25) is 0 Å². The third kappa shape index (κ3) is 4.73. The van der Waals surface area contributed by atoms with E-state index in [1.165, 1.54) is 12.3 Å². The molecule has 0 aliphatic heterocycles. The molecule has 120 valence electrons. The first-order chi connectivity index (χ1) is 10.6. The molecule has 0 unspecified atom stereocenters. The van der Waals surface area contributed by atoms with Gasteiger partial charge in [0.1, 0.15) is 5.76 Å². The van der Waals surface area contributed by atoms with Crippen molar-refractivity contribution in [3.8, 4) is 0 Å². The number of aliphatic hydroxyl groups excluding tert-OH is 1. The fourth-order valence-corrected chi connectivity index (χ4v) is 2.63. The highest BCUT2D eigenvalue weighted by molar-refractivity contribution is 5.91.